The molecule has 112 valence electrons. The minimum atomic E-state index is 0.0857. The molecule has 0 amide bonds. The second-order valence-corrected chi connectivity index (χ2v) is 5.09. The fourth-order valence-electron chi connectivity index (χ4n) is 2.09. The third-order valence-electron chi connectivity index (χ3n) is 3.07. The van der Waals surface area contributed by atoms with Gasteiger partial charge in [0.05, 0.1) is 13.2 Å². The van der Waals surface area contributed by atoms with Crippen LogP contribution in [0.1, 0.15) is 19.4 Å². The van der Waals surface area contributed by atoms with Gasteiger partial charge in [-0.05, 0) is 50.6 Å². The van der Waals surface area contributed by atoms with Crippen molar-refractivity contribution in [2.45, 2.75) is 26.9 Å². The summed E-state index contributed by atoms with van der Waals surface area (Å²) in [5, 5.41) is 3.37. The largest absolute Gasteiger partial charge is 0.494 e. The van der Waals surface area contributed by atoms with Gasteiger partial charge in [-0.1, -0.05) is 18.2 Å². The van der Waals surface area contributed by atoms with E-state index in [4.69, 9.17) is 9.47 Å². The van der Waals surface area contributed by atoms with Gasteiger partial charge in [0.25, 0.3) is 0 Å². The van der Waals surface area contributed by atoms with Crippen molar-refractivity contribution < 1.29 is 9.47 Å². The van der Waals surface area contributed by atoms with Crippen molar-refractivity contribution in [3.05, 3.63) is 54.1 Å². The summed E-state index contributed by atoms with van der Waals surface area (Å²) in [5.41, 5.74) is 2.25. The van der Waals surface area contributed by atoms with Gasteiger partial charge < -0.3 is 14.8 Å². The Kier molecular flexibility index (Phi) is 5.50. The quantitative estimate of drug-likeness (QED) is 0.824. The Balaban J connectivity index is 1.86. The van der Waals surface area contributed by atoms with E-state index in [9.17, 15) is 0 Å². The van der Waals surface area contributed by atoms with Crippen LogP contribution in [0, 0.1) is 6.92 Å². The van der Waals surface area contributed by atoms with Crippen molar-refractivity contribution in [2.75, 3.05) is 18.5 Å². The fraction of sp³-hybridized carbons (Fsp3) is 0.333. The Labute approximate surface area is 126 Å². The van der Waals surface area contributed by atoms with E-state index in [1.165, 1.54) is 5.56 Å². The summed E-state index contributed by atoms with van der Waals surface area (Å²) in [6, 6.07) is 16.1. The van der Waals surface area contributed by atoms with Gasteiger partial charge >= 0.3 is 0 Å². The number of rotatable bonds is 7. The highest BCUT2D eigenvalue weighted by molar-refractivity contribution is 5.48. The van der Waals surface area contributed by atoms with Crippen LogP contribution in [0.5, 0.6) is 11.5 Å². The highest BCUT2D eigenvalue weighted by atomic mass is 16.5. The van der Waals surface area contributed by atoms with Gasteiger partial charge in [-0.25, -0.2) is 0 Å². The van der Waals surface area contributed by atoms with Gasteiger partial charge in [0.2, 0.25) is 0 Å². The molecule has 0 aliphatic carbocycles. The molecule has 2 rings (SSSR count). The lowest BCUT2D eigenvalue weighted by molar-refractivity contribution is 0.234. The molecule has 0 aliphatic rings. The Morgan fingerprint density at radius 2 is 1.81 bits per heavy atom. The van der Waals surface area contributed by atoms with Crippen molar-refractivity contribution in [1.29, 1.82) is 0 Å². The Bertz CT molecular complexity index is 569. The maximum atomic E-state index is 5.90. The molecule has 2 aromatic carbocycles. The van der Waals surface area contributed by atoms with Crippen LogP contribution in [-0.2, 0) is 0 Å². The first kappa shape index (κ1) is 15.2. The zero-order valence-electron chi connectivity index (χ0n) is 12.9. The normalized spacial score (nSPS) is 11.8. The summed E-state index contributed by atoms with van der Waals surface area (Å²) >= 11 is 0. The predicted octanol–water partition coefficient (Wildman–Crippen LogP) is 4.27. The van der Waals surface area contributed by atoms with Crippen LogP contribution in [0.4, 0.5) is 5.69 Å². The van der Waals surface area contributed by atoms with Gasteiger partial charge in [-0.15, -0.1) is 0 Å². The summed E-state index contributed by atoms with van der Waals surface area (Å²) in [7, 11) is 0. The van der Waals surface area contributed by atoms with Crippen LogP contribution in [0.15, 0.2) is 48.5 Å². The fourth-order valence-corrected chi connectivity index (χ4v) is 2.09. The maximum Gasteiger partial charge on any atom is 0.121 e. The van der Waals surface area contributed by atoms with Gasteiger partial charge in [-0.2, -0.15) is 0 Å². The number of hydrogen-bond donors (Lipinski definition) is 1. The summed E-state index contributed by atoms with van der Waals surface area (Å²) in [4.78, 5) is 0. The van der Waals surface area contributed by atoms with E-state index in [1.807, 2.05) is 49.4 Å². The first-order chi connectivity index (χ1) is 10.2. The molecule has 3 heteroatoms. The molecule has 1 N–H and O–H groups in total. The SMILES string of the molecule is CCOc1cccc(NC[C@H](C)Oc2cccc(C)c2)c1. The molecule has 21 heavy (non-hydrogen) atoms. The van der Waals surface area contributed by atoms with Crippen molar-refractivity contribution >= 4 is 5.69 Å². The number of hydrogen-bond acceptors (Lipinski definition) is 3. The summed E-state index contributed by atoms with van der Waals surface area (Å²) in [6.07, 6.45) is 0.0857. The Morgan fingerprint density at radius 1 is 1.05 bits per heavy atom. The molecule has 0 heterocycles. The number of anilines is 1. The topological polar surface area (TPSA) is 30.5 Å². The van der Waals surface area contributed by atoms with E-state index < -0.39 is 0 Å². The minimum absolute atomic E-state index is 0.0857. The van der Waals surface area contributed by atoms with Crippen LogP contribution in [0.2, 0.25) is 0 Å². The van der Waals surface area contributed by atoms with Crippen molar-refractivity contribution in [1.82, 2.24) is 0 Å². The standard InChI is InChI=1S/C18H23NO2/c1-4-20-17-9-6-8-16(12-17)19-13-15(3)21-18-10-5-7-14(2)11-18/h5-12,15,19H,4,13H2,1-3H3/t15-/m0/s1. The average molecular weight is 285 g/mol. The van der Waals surface area contributed by atoms with Crippen LogP contribution in [-0.4, -0.2) is 19.3 Å². The van der Waals surface area contributed by atoms with E-state index in [-0.39, 0.29) is 6.10 Å². The molecule has 0 radical (unpaired) electrons. The molecule has 3 nitrogen and oxygen atoms in total. The third kappa shape index (κ3) is 5.03. The average Bonchev–Trinajstić information content (AvgIpc) is 2.46. The minimum Gasteiger partial charge on any atom is -0.494 e. The number of benzene rings is 2. The molecule has 2 aromatic rings. The number of ether oxygens (including phenoxy) is 2. The molecule has 0 aliphatic heterocycles. The van der Waals surface area contributed by atoms with Crippen molar-refractivity contribution in [3.63, 3.8) is 0 Å². The molecule has 0 bridgehead atoms. The second-order valence-electron chi connectivity index (χ2n) is 5.09. The summed E-state index contributed by atoms with van der Waals surface area (Å²) < 4.78 is 11.4. The molecule has 1 atom stereocenters. The number of nitrogens with one attached hydrogen (secondary N) is 1. The molecule has 0 saturated heterocycles. The summed E-state index contributed by atoms with van der Waals surface area (Å²) in [6.45, 7) is 7.52. The smallest absolute Gasteiger partial charge is 0.121 e. The van der Waals surface area contributed by atoms with Gasteiger partial charge in [-0.3, -0.25) is 0 Å². The molecule has 0 saturated carbocycles. The highest BCUT2D eigenvalue weighted by Gasteiger charge is 2.04. The molecule has 0 fully saturated rings. The Hall–Kier alpha value is -2.16. The van der Waals surface area contributed by atoms with Crippen LogP contribution in [0.25, 0.3) is 0 Å². The number of aryl methyl sites for hydroxylation is 1. The van der Waals surface area contributed by atoms with Gasteiger partial charge in [0, 0.05) is 11.8 Å². The predicted molar refractivity (Wildman–Crippen MR) is 87.4 cm³/mol. The maximum absolute atomic E-state index is 5.90. The molecule has 0 aromatic heterocycles. The van der Waals surface area contributed by atoms with Crippen molar-refractivity contribution in [2.24, 2.45) is 0 Å². The third-order valence-corrected chi connectivity index (χ3v) is 3.07. The second kappa shape index (κ2) is 7.58. The molecule has 0 spiro atoms. The first-order valence-corrected chi connectivity index (χ1v) is 7.37. The van der Waals surface area contributed by atoms with Gasteiger partial charge in [0.15, 0.2) is 0 Å². The summed E-state index contributed by atoms with van der Waals surface area (Å²) in [5.74, 6) is 1.79. The molecule has 0 unspecified atom stereocenters. The van der Waals surface area contributed by atoms with Crippen LogP contribution >= 0.6 is 0 Å². The molecular formula is C18H23NO2. The van der Waals surface area contributed by atoms with E-state index >= 15 is 0 Å². The lowest BCUT2D eigenvalue weighted by atomic mass is 10.2. The lowest BCUT2D eigenvalue weighted by Gasteiger charge is -2.17. The zero-order valence-corrected chi connectivity index (χ0v) is 12.9. The van der Waals surface area contributed by atoms with Crippen molar-refractivity contribution in [3.8, 4) is 11.5 Å². The van der Waals surface area contributed by atoms with E-state index in [0.717, 1.165) is 23.7 Å². The van der Waals surface area contributed by atoms with E-state index in [1.54, 1.807) is 0 Å². The zero-order chi connectivity index (χ0) is 15.1. The molecular weight excluding hydrogens is 262 g/mol. The van der Waals surface area contributed by atoms with Gasteiger partial charge in [0.1, 0.15) is 17.6 Å². The lowest BCUT2D eigenvalue weighted by Crippen LogP contribution is -2.22. The monoisotopic (exact) mass is 285 g/mol. The highest BCUT2D eigenvalue weighted by Crippen LogP contribution is 2.18. The van der Waals surface area contributed by atoms with E-state index in [2.05, 4.69) is 25.2 Å². The van der Waals surface area contributed by atoms with Crippen LogP contribution in [0.3, 0.4) is 0 Å². The first-order valence-electron chi connectivity index (χ1n) is 7.37. The van der Waals surface area contributed by atoms with Crippen LogP contribution < -0.4 is 14.8 Å². The van der Waals surface area contributed by atoms with E-state index in [0.29, 0.717) is 6.61 Å². The Morgan fingerprint density at radius 3 is 2.57 bits per heavy atom.